The largest absolute Gasteiger partial charge is 0.342 e. The van der Waals surface area contributed by atoms with Crippen LogP contribution in [0.5, 0.6) is 0 Å². The van der Waals surface area contributed by atoms with Gasteiger partial charge in [-0.05, 0) is 12.1 Å². The summed E-state index contributed by atoms with van der Waals surface area (Å²) in [5.41, 5.74) is 1.19. The van der Waals surface area contributed by atoms with Crippen molar-refractivity contribution < 1.29 is 9.59 Å². The van der Waals surface area contributed by atoms with Gasteiger partial charge in [-0.25, -0.2) is 9.97 Å². The van der Waals surface area contributed by atoms with Crippen molar-refractivity contribution in [2.45, 2.75) is 0 Å². The van der Waals surface area contributed by atoms with E-state index in [-0.39, 0.29) is 18.4 Å². The van der Waals surface area contributed by atoms with Crippen molar-refractivity contribution >= 4 is 11.8 Å². The maximum Gasteiger partial charge on any atom is 0.274 e. The highest BCUT2D eigenvalue weighted by atomic mass is 16.2. The zero-order valence-corrected chi connectivity index (χ0v) is 14.9. The number of pyridine rings is 1. The number of likely N-dealkylation sites (N-methyl/N-ethyl adjacent to an activating group) is 1. The number of piperazine rings is 1. The summed E-state index contributed by atoms with van der Waals surface area (Å²) in [4.78, 5) is 37.0. The molecule has 27 heavy (non-hydrogen) atoms. The molecule has 3 aromatic rings. The number of hydrogen-bond donors (Lipinski definition) is 0. The Kier molecular flexibility index (Phi) is 4.42. The van der Waals surface area contributed by atoms with Crippen LogP contribution < -0.4 is 0 Å². The molecule has 0 atom stereocenters. The van der Waals surface area contributed by atoms with Crippen molar-refractivity contribution in [2.75, 3.05) is 26.7 Å². The van der Waals surface area contributed by atoms with Gasteiger partial charge in [0.05, 0.1) is 0 Å². The van der Waals surface area contributed by atoms with Crippen molar-refractivity contribution in [3.05, 3.63) is 66.6 Å². The molecule has 1 fully saturated rings. The fourth-order valence-electron chi connectivity index (χ4n) is 3.04. The third-order valence-electron chi connectivity index (χ3n) is 4.60. The van der Waals surface area contributed by atoms with Gasteiger partial charge in [0, 0.05) is 38.1 Å². The van der Waals surface area contributed by atoms with Crippen LogP contribution in [0.4, 0.5) is 0 Å². The van der Waals surface area contributed by atoms with Gasteiger partial charge in [0.25, 0.3) is 5.91 Å². The molecule has 136 valence electrons. The highest BCUT2D eigenvalue weighted by molar-refractivity contribution is 5.96. The predicted molar refractivity (Wildman–Crippen MR) is 100 cm³/mol. The number of nitrogens with zero attached hydrogens (tertiary/aromatic N) is 5. The minimum absolute atomic E-state index is 0.0676. The van der Waals surface area contributed by atoms with Gasteiger partial charge in [-0.15, -0.1) is 0 Å². The number of imidazole rings is 1. The van der Waals surface area contributed by atoms with Crippen LogP contribution in [0.25, 0.3) is 17.2 Å². The SMILES string of the molecule is CN1CCN(C(=O)c2cn(-c3ccccn3)c(-c3ccccc3)n2)CC1=O. The van der Waals surface area contributed by atoms with Gasteiger partial charge in [0.2, 0.25) is 5.91 Å². The molecule has 0 aliphatic carbocycles. The van der Waals surface area contributed by atoms with Crippen molar-refractivity contribution in [2.24, 2.45) is 0 Å². The van der Waals surface area contributed by atoms with Crippen LogP contribution in [-0.4, -0.2) is 62.8 Å². The molecule has 2 amide bonds. The highest BCUT2D eigenvalue weighted by Crippen LogP contribution is 2.23. The second kappa shape index (κ2) is 7.03. The second-order valence-corrected chi connectivity index (χ2v) is 6.42. The van der Waals surface area contributed by atoms with E-state index < -0.39 is 0 Å². The van der Waals surface area contributed by atoms with Gasteiger partial charge in [0.15, 0.2) is 0 Å². The van der Waals surface area contributed by atoms with Crippen molar-refractivity contribution in [3.63, 3.8) is 0 Å². The molecule has 2 aromatic heterocycles. The maximum atomic E-state index is 12.9. The van der Waals surface area contributed by atoms with E-state index >= 15 is 0 Å². The summed E-state index contributed by atoms with van der Waals surface area (Å²) in [5, 5.41) is 0. The maximum absolute atomic E-state index is 12.9. The fraction of sp³-hybridized carbons (Fsp3) is 0.200. The van der Waals surface area contributed by atoms with Crippen molar-refractivity contribution in [3.8, 4) is 17.2 Å². The topological polar surface area (TPSA) is 71.3 Å². The number of aromatic nitrogens is 3. The Bertz CT molecular complexity index is 912. The minimum Gasteiger partial charge on any atom is -0.342 e. The van der Waals surface area contributed by atoms with E-state index in [1.165, 1.54) is 0 Å². The molecule has 7 nitrogen and oxygen atoms in total. The molecule has 1 aliphatic heterocycles. The molecule has 0 radical (unpaired) electrons. The molecular weight excluding hydrogens is 342 g/mol. The van der Waals surface area contributed by atoms with Gasteiger partial charge in [-0.3, -0.25) is 14.2 Å². The number of rotatable bonds is 3. The molecule has 0 bridgehead atoms. The molecular formula is C20H19N5O2. The molecule has 7 heteroatoms. The van der Waals surface area contributed by atoms with E-state index in [2.05, 4.69) is 9.97 Å². The van der Waals surface area contributed by atoms with Crippen LogP contribution >= 0.6 is 0 Å². The Morgan fingerprint density at radius 1 is 1.04 bits per heavy atom. The molecule has 0 spiro atoms. The molecule has 3 heterocycles. The summed E-state index contributed by atoms with van der Waals surface area (Å²) in [5.74, 6) is 1.00. The van der Waals surface area contributed by atoms with E-state index in [1.54, 1.807) is 33.8 Å². The van der Waals surface area contributed by atoms with Gasteiger partial charge in [-0.1, -0.05) is 36.4 Å². The molecule has 4 rings (SSSR count). The summed E-state index contributed by atoms with van der Waals surface area (Å²) in [6, 6.07) is 15.2. The van der Waals surface area contributed by atoms with Gasteiger partial charge < -0.3 is 9.80 Å². The number of amides is 2. The molecule has 0 unspecified atom stereocenters. The summed E-state index contributed by atoms with van der Waals surface area (Å²) in [6.45, 7) is 1.10. The first kappa shape index (κ1) is 17.0. The van der Waals surface area contributed by atoms with Crippen LogP contribution in [-0.2, 0) is 4.79 Å². The lowest BCUT2D eigenvalue weighted by atomic mass is 10.2. The zero-order chi connectivity index (χ0) is 18.8. The third kappa shape index (κ3) is 3.31. The lowest BCUT2D eigenvalue weighted by Crippen LogP contribution is -2.50. The lowest BCUT2D eigenvalue weighted by Gasteiger charge is -2.31. The van der Waals surface area contributed by atoms with Gasteiger partial charge in [0.1, 0.15) is 23.9 Å². The van der Waals surface area contributed by atoms with Crippen LogP contribution in [0.1, 0.15) is 10.5 Å². The zero-order valence-electron chi connectivity index (χ0n) is 14.9. The normalized spacial score (nSPS) is 14.5. The Hall–Kier alpha value is -3.48. The summed E-state index contributed by atoms with van der Waals surface area (Å²) >= 11 is 0. The van der Waals surface area contributed by atoms with E-state index in [1.807, 2.05) is 48.5 Å². The van der Waals surface area contributed by atoms with E-state index in [9.17, 15) is 9.59 Å². The van der Waals surface area contributed by atoms with E-state index in [4.69, 9.17) is 0 Å². The second-order valence-electron chi connectivity index (χ2n) is 6.42. The monoisotopic (exact) mass is 361 g/mol. The fourth-order valence-corrected chi connectivity index (χ4v) is 3.04. The molecule has 1 aromatic carbocycles. The molecule has 0 N–H and O–H groups in total. The quantitative estimate of drug-likeness (QED) is 0.714. The lowest BCUT2D eigenvalue weighted by molar-refractivity contribution is -0.133. The summed E-state index contributed by atoms with van der Waals surface area (Å²) < 4.78 is 1.81. The Morgan fingerprint density at radius 2 is 1.81 bits per heavy atom. The Balaban J connectivity index is 1.73. The Morgan fingerprint density at radius 3 is 2.52 bits per heavy atom. The predicted octanol–water partition coefficient (Wildman–Crippen LogP) is 1.85. The van der Waals surface area contributed by atoms with Crippen LogP contribution in [0.2, 0.25) is 0 Å². The first-order chi connectivity index (χ1) is 13.1. The summed E-state index contributed by atoms with van der Waals surface area (Å²) in [6.07, 6.45) is 3.39. The first-order valence-corrected chi connectivity index (χ1v) is 8.73. The molecule has 1 aliphatic rings. The average molecular weight is 361 g/mol. The van der Waals surface area contributed by atoms with Crippen LogP contribution in [0, 0.1) is 0 Å². The minimum atomic E-state index is -0.247. The first-order valence-electron chi connectivity index (χ1n) is 8.73. The average Bonchev–Trinajstić information content (AvgIpc) is 3.16. The third-order valence-corrected chi connectivity index (χ3v) is 4.60. The van der Waals surface area contributed by atoms with Gasteiger partial charge >= 0.3 is 0 Å². The van der Waals surface area contributed by atoms with E-state index in [0.29, 0.717) is 30.4 Å². The smallest absolute Gasteiger partial charge is 0.274 e. The van der Waals surface area contributed by atoms with Crippen LogP contribution in [0.15, 0.2) is 60.9 Å². The van der Waals surface area contributed by atoms with Crippen LogP contribution in [0.3, 0.4) is 0 Å². The number of carbonyl (C=O) groups is 2. The van der Waals surface area contributed by atoms with Crippen molar-refractivity contribution in [1.29, 1.82) is 0 Å². The van der Waals surface area contributed by atoms with Gasteiger partial charge in [-0.2, -0.15) is 0 Å². The Labute approximate surface area is 156 Å². The number of benzene rings is 1. The standard InChI is InChI=1S/C20H19N5O2/c1-23-11-12-24(14-18(23)26)20(27)16-13-25(17-9-5-6-10-21-17)19(22-16)15-7-3-2-4-8-15/h2-10,13H,11-12,14H2,1H3. The van der Waals surface area contributed by atoms with E-state index in [0.717, 1.165) is 5.56 Å². The molecule has 0 saturated carbocycles. The number of hydrogen-bond acceptors (Lipinski definition) is 4. The number of carbonyl (C=O) groups excluding carboxylic acids is 2. The summed E-state index contributed by atoms with van der Waals surface area (Å²) in [7, 11) is 1.74. The molecule has 1 saturated heterocycles. The van der Waals surface area contributed by atoms with Crippen molar-refractivity contribution in [1.82, 2.24) is 24.3 Å². The highest BCUT2D eigenvalue weighted by Gasteiger charge is 2.28.